The minimum atomic E-state index is 0.561. The smallest absolute Gasteiger partial charge is 0.0604 e. The molecule has 0 radical (unpaired) electrons. The number of likely N-dealkylation sites (tertiary alicyclic amines) is 1. The molecule has 0 aromatic carbocycles. The maximum absolute atomic E-state index is 5.64. The van der Waals surface area contributed by atoms with Gasteiger partial charge in [-0.05, 0) is 45.1 Å². The van der Waals surface area contributed by atoms with Crippen molar-refractivity contribution < 1.29 is 4.74 Å². The van der Waals surface area contributed by atoms with Crippen LogP contribution in [0.25, 0.3) is 0 Å². The fraction of sp³-hybridized carbons (Fsp3) is 1.00. The predicted molar refractivity (Wildman–Crippen MR) is 64.5 cm³/mol. The third-order valence-electron chi connectivity index (χ3n) is 4.62. The Hall–Kier alpha value is -0.120. The molecule has 1 aliphatic carbocycles. The summed E-state index contributed by atoms with van der Waals surface area (Å²) in [5.41, 5.74) is 0. The summed E-state index contributed by atoms with van der Waals surface area (Å²) < 4.78 is 5.64. The summed E-state index contributed by atoms with van der Waals surface area (Å²) in [5, 5.41) is 3.68. The Kier molecular flexibility index (Phi) is 3.18. The molecular formula is C13H24N2O. The van der Waals surface area contributed by atoms with Gasteiger partial charge in [0, 0.05) is 31.8 Å². The zero-order chi connectivity index (χ0) is 11.0. The Bertz CT molecular complexity index is 226. The number of nitrogens with one attached hydrogen (secondary N) is 1. The molecule has 92 valence electrons. The second kappa shape index (κ2) is 4.63. The van der Waals surface area contributed by atoms with Gasteiger partial charge < -0.3 is 10.1 Å². The van der Waals surface area contributed by atoms with Crippen molar-refractivity contribution in [2.75, 3.05) is 26.2 Å². The van der Waals surface area contributed by atoms with E-state index in [4.69, 9.17) is 4.74 Å². The monoisotopic (exact) mass is 224 g/mol. The molecule has 1 saturated carbocycles. The highest BCUT2D eigenvalue weighted by Crippen LogP contribution is 2.34. The van der Waals surface area contributed by atoms with Crippen LogP contribution in [0.2, 0.25) is 0 Å². The highest BCUT2D eigenvalue weighted by molar-refractivity contribution is 4.98. The molecule has 0 spiro atoms. The lowest BCUT2D eigenvalue weighted by atomic mass is 9.88. The first-order valence-electron chi connectivity index (χ1n) is 6.96. The molecule has 3 rings (SSSR count). The summed E-state index contributed by atoms with van der Waals surface area (Å²) in [6.07, 6.45) is 5.92. The zero-order valence-corrected chi connectivity index (χ0v) is 10.3. The van der Waals surface area contributed by atoms with Crippen LogP contribution in [-0.4, -0.2) is 49.3 Å². The zero-order valence-electron chi connectivity index (χ0n) is 10.3. The first kappa shape index (κ1) is 11.0. The van der Waals surface area contributed by atoms with E-state index in [0.717, 1.165) is 24.6 Å². The molecule has 3 aliphatic rings. The highest BCUT2D eigenvalue weighted by atomic mass is 16.5. The minimum Gasteiger partial charge on any atom is -0.378 e. The molecular weight excluding hydrogens is 200 g/mol. The van der Waals surface area contributed by atoms with Gasteiger partial charge in [0.1, 0.15) is 0 Å². The maximum Gasteiger partial charge on any atom is 0.0604 e. The topological polar surface area (TPSA) is 24.5 Å². The van der Waals surface area contributed by atoms with E-state index in [1.807, 2.05) is 0 Å². The first-order valence-corrected chi connectivity index (χ1v) is 6.96. The van der Waals surface area contributed by atoms with Crippen molar-refractivity contribution in [1.29, 1.82) is 0 Å². The van der Waals surface area contributed by atoms with E-state index in [1.165, 1.54) is 45.3 Å². The number of hydrogen-bond acceptors (Lipinski definition) is 3. The molecule has 16 heavy (non-hydrogen) atoms. The van der Waals surface area contributed by atoms with Gasteiger partial charge in [0.25, 0.3) is 0 Å². The van der Waals surface area contributed by atoms with Crippen molar-refractivity contribution >= 4 is 0 Å². The van der Waals surface area contributed by atoms with Gasteiger partial charge in [0.2, 0.25) is 0 Å². The van der Waals surface area contributed by atoms with E-state index in [0.29, 0.717) is 6.10 Å². The molecule has 3 nitrogen and oxygen atoms in total. The molecule has 3 fully saturated rings. The van der Waals surface area contributed by atoms with Crippen molar-refractivity contribution in [3.05, 3.63) is 0 Å². The van der Waals surface area contributed by atoms with Crippen molar-refractivity contribution in [3.8, 4) is 0 Å². The van der Waals surface area contributed by atoms with Gasteiger partial charge in [-0.25, -0.2) is 0 Å². The molecule has 0 bridgehead atoms. The van der Waals surface area contributed by atoms with Gasteiger partial charge in [-0.2, -0.15) is 0 Å². The summed E-state index contributed by atoms with van der Waals surface area (Å²) in [6, 6.07) is 1.61. The average molecular weight is 224 g/mol. The highest BCUT2D eigenvalue weighted by Gasteiger charge is 2.41. The third-order valence-corrected chi connectivity index (χ3v) is 4.62. The second-order valence-electron chi connectivity index (χ2n) is 5.62. The first-order chi connectivity index (χ1) is 7.86. The minimum absolute atomic E-state index is 0.561. The van der Waals surface area contributed by atoms with Crippen molar-refractivity contribution in [1.82, 2.24) is 10.2 Å². The summed E-state index contributed by atoms with van der Waals surface area (Å²) >= 11 is 0. The molecule has 2 unspecified atom stereocenters. The van der Waals surface area contributed by atoms with Gasteiger partial charge in [-0.3, -0.25) is 4.90 Å². The number of ether oxygens (including phenoxy) is 1. The van der Waals surface area contributed by atoms with Gasteiger partial charge >= 0.3 is 0 Å². The summed E-state index contributed by atoms with van der Waals surface area (Å²) in [6.45, 7) is 6.84. The lowest BCUT2D eigenvalue weighted by Crippen LogP contribution is -2.48. The number of piperidine rings is 1. The van der Waals surface area contributed by atoms with Crippen LogP contribution in [0.5, 0.6) is 0 Å². The van der Waals surface area contributed by atoms with Crippen LogP contribution >= 0.6 is 0 Å². The van der Waals surface area contributed by atoms with Crippen molar-refractivity contribution in [3.63, 3.8) is 0 Å². The number of nitrogens with zero attached hydrogens (tertiary/aromatic N) is 1. The van der Waals surface area contributed by atoms with Crippen molar-refractivity contribution in [2.45, 2.75) is 50.8 Å². The Morgan fingerprint density at radius 1 is 1.31 bits per heavy atom. The van der Waals surface area contributed by atoms with E-state index >= 15 is 0 Å². The molecule has 2 saturated heterocycles. The third kappa shape index (κ3) is 2.01. The van der Waals surface area contributed by atoms with Crippen LogP contribution in [0.3, 0.4) is 0 Å². The lowest BCUT2D eigenvalue weighted by molar-refractivity contribution is -0.0417. The molecule has 2 aliphatic heterocycles. The van der Waals surface area contributed by atoms with E-state index in [-0.39, 0.29) is 0 Å². The predicted octanol–water partition coefficient (Wildman–Crippen LogP) is 1.24. The molecule has 0 amide bonds. The normalized spacial score (nSPS) is 44.1. The van der Waals surface area contributed by atoms with Gasteiger partial charge in [-0.1, -0.05) is 0 Å². The SMILES string of the molecule is CCOC1CC(N2CC3CCCNC3C2)C1. The largest absolute Gasteiger partial charge is 0.378 e. The van der Waals surface area contributed by atoms with Gasteiger partial charge in [-0.15, -0.1) is 0 Å². The van der Waals surface area contributed by atoms with E-state index in [9.17, 15) is 0 Å². The second-order valence-corrected chi connectivity index (χ2v) is 5.62. The molecule has 3 heteroatoms. The quantitative estimate of drug-likeness (QED) is 0.780. The van der Waals surface area contributed by atoms with E-state index in [1.54, 1.807) is 0 Å². The fourth-order valence-corrected chi connectivity index (χ4v) is 3.59. The molecule has 0 aromatic rings. The van der Waals surface area contributed by atoms with Crippen LogP contribution in [0.1, 0.15) is 32.6 Å². The Morgan fingerprint density at radius 2 is 2.19 bits per heavy atom. The molecule has 2 atom stereocenters. The Balaban J connectivity index is 1.47. The van der Waals surface area contributed by atoms with E-state index < -0.39 is 0 Å². The maximum atomic E-state index is 5.64. The van der Waals surface area contributed by atoms with Crippen molar-refractivity contribution in [2.24, 2.45) is 5.92 Å². The van der Waals surface area contributed by atoms with Crippen LogP contribution in [-0.2, 0) is 4.74 Å². The Morgan fingerprint density at radius 3 is 2.94 bits per heavy atom. The number of hydrogen-bond donors (Lipinski definition) is 1. The average Bonchev–Trinajstić information content (AvgIpc) is 2.65. The van der Waals surface area contributed by atoms with Crippen LogP contribution in [0.15, 0.2) is 0 Å². The Labute approximate surface area is 98.5 Å². The van der Waals surface area contributed by atoms with Crippen LogP contribution in [0, 0.1) is 5.92 Å². The van der Waals surface area contributed by atoms with E-state index in [2.05, 4.69) is 17.1 Å². The molecule has 2 heterocycles. The fourth-order valence-electron chi connectivity index (χ4n) is 3.59. The lowest BCUT2D eigenvalue weighted by Gasteiger charge is -2.41. The molecule has 0 aromatic heterocycles. The standard InChI is InChI=1S/C13H24N2O/c1-2-16-12-6-11(7-12)15-8-10-4-3-5-14-13(10)9-15/h10-14H,2-9H2,1H3. The number of rotatable bonds is 3. The van der Waals surface area contributed by atoms with Gasteiger partial charge in [0.05, 0.1) is 6.10 Å². The van der Waals surface area contributed by atoms with Crippen LogP contribution in [0.4, 0.5) is 0 Å². The summed E-state index contributed by atoms with van der Waals surface area (Å²) in [5.74, 6) is 0.930. The van der Waals surface area contributed by atoms with Gasteiger partial charge in [0.15, 0.2) is 0 Å². The number of fused-ring (bicyclic) bond motifs is 1. The van der Waals surface area contributed by atoms with Crippen LogP contribution < -0.4 is 5.32 Å². The molecule has 1 N–H and O–H groups in total. The summed E-state index contributed by atoms with van der Waals surface area (Å²) in [7, 11) is 0. The summed E-state index contributed by atoms with van der Waals surface area (Å²) in [4.78, 5) is 2.71.